The van der Waals surface area contributed by atoms with E-state index >= 15 is 0 Å². The Hall–Kier alpha value is -2.17. The second kappa shape index (κ2) is 4.57. The Balaban J connectivity index is 1.94. The van der Waals surface area contributed by atoms with Gasteiger partial charge in [0.2, 0.25) is 5.82 Å². The molecule has 0 saturated carbocycles. The second-order valence-electron chi connectivity index (χ2n) is 3.41. The predicted molar refractivity (Wildman–Crippen MR) is 58.7 cm³/mol. The summed E-state index contributed by atoms with van der Waals surface area (Å²) < 4.78 is 0. The fourth-order valence-corrected chi connectivity index (χ4v) is 1.30. The van der Waals surface area contributed by atoms with Crippen LogP contribution in [0.2, 0.25) is 0 Å². The van der Waals surface area contributed by atoms with Crippen LogP contribution in [0.5, 0.6) is 0 Å². The SMILES string of the molecule is Cc1nc(C(=O)NCc2ccccc2)n[nH]1. The van der Waals surface area contributed by atoms with Crippen LogP contribution in [0.4, 0.5) is 0 Å². The van der Waals surface area contributed by atoms with Crippen LogP contribution in [0.3, 0.4) is 0 Å². The highest BCUT2D eigenvalue weighted by Crippen LogP contribution is 1.98. The number of rotatable bonds is 3. The van der Waals surface area contributed by atoms with Crippen LogP contribution in [0, 0.1) is 6.92 Å². The van der Waals surface area contributed by atoms with Crippen LogP contribution >= 0.6 is 0 Å². The van der Waals surface area contributed by atoms with Crippen molar-refractivity contribution in [2.24, 2.45) is 0 Å². The van der Waals surface area contributed by atoms with Gasteiger partial charge in [-0.15, -0.1) is 5.10 Å². The summed E-state index contributed by atoms with van der Waals surface area (Å²) >= 11 is 0. The molecule has 1 amide bonds. The van der Waals surface area contributed by atoms with Gasteiger partial charge in [-0.05, 0) is 12.5 Å². The van der Waals surface area contributed by atoms with Gasteiger partial charge in [0.15, 0.2) is 0 Å². The van der Waals surface area contributed by atoms with E-state index in [1.54, 1.807) is 6.92 Å². The fourth-order valence-electron chi connectivity index (χ4n) is 1.30. The van der Waals surface area contributed by atoms with Gasteiger partial charge in [-0.2, -0.15) is 0 Å². The molecule has 2 rings (SSSR count). The number of nitrogens with one attached hydrogen (secondary N) is 2. The van der Waals surface area contributed by atoms with Crippen molar-refractivity contribution in [3.8, 4) is 0 Å². The minimum atomic E-state index is -0.270. The third-order valence-electron chi connectivity index (χ3n) is 2.10. The summed E-state index contributed by atoms with van der Waals surface area (Å²) in [6.45, 7) is 2.23. The molecule has 0 fully saturated rings. The van der Waals surface area contributed by atoms with Gasteiger partial charge in [0.1, 0.15) is 5.82 Å². The number of aromatic nitrogens is 3. The maximum atomic E-state index is 11.6. The molecule has 5 nitrogen and oxygen atoms in total. The summed E-state index contributed by atoms with van der Waals surface area (Å²) in [6, 6.07) is 9.69. The molecule has 0 saturated heterocycles. The van der Waals surface area contributed by atoms with Crippen LogP contribution < -0.4 is 5.32 Å². The van der Waals surface area contributed by atoms with Gasteiger partial charge in [-0.3, -0.25) is 9.89 Å². The number of carbonyl (C=O) groups excluding carboxylic acids is 1. The summed E-state index contributed by atoms with van der Waals surface area (Å²) in [5, 5.41) is 9.15. The van der Waals surface area contributed by atoms with Gasteiger partial charge in [-0.1, -0.05) is 30.3 Å². The standard InChI is InChI=1S/C11H12N4O/c1-8-13-10(15-14-8)11(16)12-7-9-5-3-2-4-6-9/h2-6H,7H2,1H3,(H,12,16)(H,13,14,15). The van der Waals surface area contributed by atoms with E-state index in [2.05, 4.69) is 20.5 Å². The van der Waals surface area contributed by atoms with E-state index in [4.69, 9.17) is 0 Å². The molecule has 1 heterocycles. The number of hydrogen-bond acceptors (Lipinski definition) is 3. The van der Waals surface area contributed by atoms with E-state index in [0.717, 1.165) is 5.56 Å². The Bertz CT molecular complexity index is 478. The lowest BCUT2D eigenvalue weighted by Gasteiger charge is -2.01. The normalized spacial score (nSPS) is 10.1. The van der Waals surface area contributed by atoms with Gasteiger partial charge in [0.05, 0.1) is 0 Å². The molecular weight excluding hydrogens is 204 g/mol. The molecule has 2 aromatic rings. The van der Waals surface area contributed by atoms with Crippen LogP contribution in [-0.4, -0.2) is 21.1 Å². The zero-order chi connectivity index (χ0) is 11.4. The number of benzene rings is 1. The molecule has 0 aliphatic heterocycles. The highest BCUT2D eigenvalue weighted by Gasteiger charge is 2.09. The molecule has 1 aromatic carbocycles. The Morgan fingerprint density at radius 3 is 2.75 bits per heavy atom. The van der Waals surface area contributed by atoms with E-state index in [-0.39, 0.29) is 11.7 Å². The predicted octanol–water partition coefficient (Wildman–Crippen LogP) is 1.04. The zero-order valence-corrected chi connectivity index (χ0v) is 8.90. The first-order chi connectivity index (χ1) is 7.75. The third kappa shape index (κ3) is 2.44. The van der Waals surface area contributed by atoms with Crippen LogP contribution in [0.25, 0.3) is 0 Å². The molecule has 16 heavy (non-hydrogen) atoms. The smallest absolute Gasteiger partial charge is 0.291 e. The highest BCUT2D eigenvalue weighted by atomic mass is 16.2. The minimum Gasteiger partial charge on any atom is -0.345 e. The summed E-state index contributed by atoms with van der Waals surface area (Å²) in [7, 11) is 0. The molecule has 5 heteroatoms. The molecular formula is C11H12N4O. The lowest BCUT2D eigenvalue weighted by Crippen LogP contribution is -2.23. The van der Waals surface area contributed by atoms with Crippen LogP contribution in [0.15, 0.2) is 30.3 Å². The number of aryl methyl sites for hydroxylation is 1. The molecule has 0 unspecified atom stereocenters. The van der Waals surface area contributed by atoms with Gasteiger partial charge in [-0.25, -0.2) is 4.98 Å². The third-order valence-corrected chi connectivity index (χ3v) is 2.10. The molecule has 0 radical (unpaired) electrons. The van der Waals surface area contributed by atoms with Crippen molar-refractivity contribution in [2.75, 3.05) is 0 Å². The van der Waals surface area contributed by atoms with Crippen molar-refractivity contribution in [3.05, 3.63) is 47.5 Å². The monoisotopic (exact) mass is 216 g/mol. The fraction of sp³-hybridized carbons (Fsp3) is 0.182. The van der Waals surface area contributed by atoms with Gasteiger partial charge in [0.25, 0.3) is 5.91 Å². The number of aromatic amines is 1. The first-order valence-corrected chi connectivity index (χ1v) is 4.97. The van der Waals surface area contributed by atoms with Crippen molar-refractivity contribution in [1.29, 1.82) is 0 Å². The first kappa shape index (κ1) is 10.4. The first-order valence-electron chi connectivity index (χ1n) is 4.97. The van der Waals surface area contributed by atoms with E-state index in [9.17, 15) is 4.79 Å². The molecule has 0 bridgehead atoms. The number of carbonyl (C=O) groups is 1. The number of hydrogen-bond donors (Lipinski definition) is 2. The second-order valence-corrected chi connectivity index (χ2v) is 3.41. The topological polar surface area (TPSA) is 70.7 Å². The number of amides is 1. The lowest BCUT2D eigenvalue weighted by molar-refractivity contribution is 0.0941. The van der Waals surface area contributed by atoms with Crippen molar-refractivity contribution >= 4 is 5.91 Å². The molecule has 2 N–H and O–H groups in total. The van der Waals surface area contributed by atoms with E-state index in [1.165, 1.54) is 0 Å². The number of nitrogens with zero attached hydrogens (tertiary/aromatic N) is 2. The molecule has 1 aromatic heterocycles. The summed E-state index contributed by atoms with van der Waals surface area (Å²) in [5.74, 6) is 0.534. The molecule has 0 aliphatic carbocycles. The average Bonchev–Trinajstić information content (AvgIpc) is 2.74. The van der Waals surface area contributed by atoms with E-state index in [0.29, 0.717) is 12.4 Å². The van der Waals surface area contributed by atoms with Crippen molar-refractivity contribution < 1.29 is 4.79 Å². The number of H-pyrrole nitrogens is 1. The maximum Gasteiger partial charge on any atom is 0.291 e. The average molecular weight is 216 g/mol. The Labute approximate surface area is 92.9 Å². The van der Waals surface area contributed by atoms with Gasteiger partial charge >= 0.3 is 0 Å². The van der Waals surface area contributed by atoms with Gasteiger partial charge in [0, 0.05) is 6.54 Å². The Kier molecular flexibility index (Phi) is 2.95. The van der Waals surface area contributed by atoms with Gasteiger partial charge < -0.3 is 5.32 Å². The Morgan fingerprint density at radius 1 is 1.38 bits per heavy atom. The minimum absolute atomic E-state index is 0.174. The van der Waals surface area contributed by atoms with E-state index < -0.39 is 0 Å². The zero-order valence-electron chi connectivity index (χ0n) is 8.90. The van der Waals surface area contributed by atoms with Crippen LogP contribution in [0.1, 0.15) is 22.0 Å². The van der Waals surface area contributed by atoms with Crippen molar-refractivity contribution in [1.82, 2.24) is 20.5 Å². The summed E-state index contributed by atoms with van der Waals surface area (Å²) in [4.78, 5) is 15.5. The summed E-state index contributed by atoms with van der Waals surface area (Å²) in [5.41, 5.74) is 1.04. The van der Waals surface area contributed by atoms with Crippen molar-refractivity contribution in [2.45, 2.75) is 13.5 Å². The molecule has 0 aliphatic rings. The molecule has 0 spiro atoms. The Morgan fingerprint density at radius 2 is 2.12 bits per heavy atom. The van der Waals surface area contributed by atoms with E-state index in [1.807, 2.05) is 30.3 Å². The van der Waals surface area contributed by atoms with Crippen LogP contribution in [-0.2, 0) is 6.54 Å². The summed E-state index contributed by atoms with van der Waals surface area (Å²) in [6.07, 6.45) is 0. The largest absolute Gasteiger partial charge is 0.345 e. The molecule has 82 valence electrons. The molecule has 0 atom stereocenters. The van der Waals surface area contributed by atoms with Crippen molar-refractivity contribution in [3.63, 3.8) is 0 Å². The lowest BCUT2D eigenvalue weighted by atomic mass is 10.2. The maximum absolute atomic E-state index is 11.6. The highest BCUT2D eigenvalue weighted by molar-refractivity contribution is 5.90. The quantitative estimate of drug-likeness (QED) is 0.805.